The lowest BCUT2D eigenvalue weighted by Crippen LogP contribution is -2.49. The number of hydrogen-bond donors (Lipinski definition) is 2. The van der Waals surface area contributed by atoms with Gasteiger partial charge in [-0.15, -0.1) is 0 Å². The molecule has 0 bridgehead atoms. The number of carboxylic acids is 1. The maximum atomic E-state index is 13.7. The van der Waals surface area contributed by atoms with E-state index in [1.54, 1.807) is 0 Å². The van der Waals surface area contributed by atoms with Crippen LogP contribution < -0.4 is 5.32 Å². The van der Waals surface area contributed by atoms with Gasteiger partial charge in [-0.3, -0.25) is 4.79 Å². The predicted octanol–water partition coefficient (Wildman–Crippen LogP) is 1.81. The first kappa shape index (κ1) is 12.9. The van der Waals surface area contributed by atoms with Crippen LogP contribution in [0.4, 0.5) is 13.2 Å². The van der Waals surface area contributed by atoms with E-state index in [1.807, 2.05) is 0 Å². The molecular formula is C12H12F3NO2. The van der Waals surface area contributed by atoms with E-state index in [1.165, 1.54) is 0 Å². The lowest BCUT2D eigenvalue weighted by atomic mass is 9.74. The Morgan fingerprint density at radius 2 is 2.00 bits per heavy atom. The van der Waals surface area contributed by atoms with Gasteiger partial charge in [0.2, 0.25) is 0 Å². The number of benzene rings is 1. The second-order valence-electron chi connectivity index (χ2n) is 4.39. The van der Waals surface area contributed by atoms with Crippen LogP contribution in [-0.4, -0.2) is 24.2 Å². The van der Waals surface area contributed by atoms with Crippen molar-refractivity contribution in [1.29, 1.82) is 0 Å². The fourth-order valence-corrected chi connectivity index (χ4v) is 2.33. The molecule has 1 atom stereocenters. The van der Waals surface area contributed by atoms with Gasteiger partial charge in [-0.1, -0.05) is 6.07 Å². The minimum atomic E-state index is -1.63. The zero-order chi connectivity index (χ0) is 13.3. The summed E-state index contributed by atoms with van der Waals surface area (Å²) in [4.78, 5) is 11.4. The molecular weight excluding hydrogens is 247 g/mol. The molecule has 0 radical (unpaired) electrons. The lowest BCUT2D eigenvalue weighted by Gasteiger charge is -2.34. The summed E-state index contributed by atoms with van der Waals surface area (Å²) < 4.78 is 39.8. The number of aliphatic carboxylic acids is 1. The molecule has 1 heterocycles. The van der Waals surface area contributed by atoms with E-state index in [0.717, 1.165) is 12.1 Å². The third-order valence-corrected chi connectivity index (χ3v) is 3.34. The predicted molar refractivity (Wildman–Crippen MR) is 57.7 cm³/mol. The fourth-order valence-electron chi connectivity index (χ4n) is 2.33. The third kappa shape index (κ3) is 1.86. The molecule has 2 N–H and O–H groups in total. The quantitative estimate of drug-likeness (QED) is 0.796. The van der Waals surface area contributed by atoms with Crippen molar-refractivity contribution in [3.05, 3.63) is 35.1 Å². The first-order chi connectivity index (χ1) is 8.49. The summed E-state index contributed by atoms with van der Waals surface area (Å²) in [6, 6.07) is 1.77. The van der Waals surface area contributed by atoms with Crippen LogP contribution in [0.3, 0.4) is 0 Å². The molecule has 0 amide bonds. The van der Waals surface area contributed by atoms with E-state index in [4.69, 9.17) is 0 Å². The van der Waals surface area contributed by atoms with Crippen LogP contribution in [0.1, 0.15) is 18.4 Å². The zero-order valence-electron chi connectivity index (χ0n) is 9.47. The standard InChI is InChI=1S/C12H12F3NO2/c13-8-3-2-7(9(14)10(8)15)12(11(17)18)4-1-5-16-6-12/h2-3,16H,1,4-6H2,(H,17,18). The highest BCUT2D eigenvalue weighted by atomic mass is 19.2. The van der Waals surface area contributed by atoms with Gasteiger partial charge in [0.15, 0.2) is 17.5 Å². The normalized spacial score (nSPS) is 23.9. The van der Waals surface area contributed by atoms with E-state index in [2.05, 4.69) is 5.32 Å². The van der Waals surface area contributed by atoms with Crippen molar-refractivity contribution in [2.75, 3.05) is 13.1 Å². The van der Waals surface area contributed by atoms with Crippen molar-refractivity contribution in [3.63, 3.8) is 0 Å². The molecule has 0 saturated carbocycles. The van der Waals surface area contributed by atoms with Crippen molar-refractivity contribution in [3.8, 4) is 0 Å². The first-order valence-corrected chi connectivity index (χ1v) is 5.57. The van der Waals surface area contributed by atoms with Crippen molar-refractivity contribution < 1.29 is 23.1 Å². The van der Waals surface area contributed by atoms with Gasteiger partial charge >= 0.3 is 5.97 Å². The monoisotopic (exact) mass is 259 g/mol. The Hall–Kier alpha value is -1.56. The van der Waals surface area contributed by atoms with E-state index in [9.17, 15) is 23.1 Å². The Bertz CT molecular complexity index is 484. The molecule has 1 aromatic carbocycles. The summed E-state index contributed by atoms with van der Waals surface area (Å²) >= 11 is 0. The van der Waals surface area contributed by atoms with Gasteiger partial charge in [-0.05, 0) is 25.5 Å². The highest BCUT2D eigenvalue weighted by molar-refractivity contribution is 5.82. The van der Waals surface area contributed by atoms with Gasteiger partial charge in [-0.25, -0.2) is 13.2 Å². The molecule has 1 unspecified atom stereocenters. The molecule has 6 heteroatoms. The topological polar surface area (TPSA) is 49.3 Å². The van der Waals surface area contributed by atoms with Gasteiger partial charge in [0, 0.05) is 12.1 Å². The van der Waals surface area contributed by atoms with Gasteiger partial charge in [0.25, 0.3) is 0 Å². The molecule has 0 aromatic heterocycles. The molecule has 1 fully saturated rings. The number of rotatable bonds is 2. The summed E-state index contributed by atoms with van der Waals surface area (Å²) in [5.41, 5.74) is -1.84. The third-order valence-electron chi connectivity index (χ3n) is 3.34. The average molecular weight is 259 g/mol. The van der Waals surface area contributed by atoms with E-state index < -0.39 is 28.8 Å². The van der Waals surface area contributed by atoms with Crippen LogP contribution in [0.2, 0.25) is 0 Å². The minimum Gasteiger partial charge on any atom is -0.481 e. The highest BCUT2D eigenvalue weighted by Gasteiger charge is 2.44. The van der Waals surface area contributed by atoms with E-state index in [0.29, 0.717) is 13.0 Å². The van der Waals surface area contributed by atoms with Crippen LogP contribution >= 0.6 is 0 Å². The molecule has 3 nitrogen and oxygen atoms in total. The van der Waals surface area contributed by atoms with Crippen LogP contribution in [0.5, 0.6) is 0 Å². The Kier molecular flexibility index (Phi) is 3.30. The molecule has 2 rings (SSSR count). The summed E-state index contributed by atoms with van der Waals surface area (Å²) in [6.07, 6.45) is 0.724. The molecule has 0 aliphatic carbocycles. The number of carboxylic acid groups (broad SMARTS) is 1. The second-order valence-corrected chi connectivity index (χ2v) is 4.39. The second kappa shape index (κ2) is 4.61. The van der Waals surface area contributed by atoms with Gasteiger partial charge in [0.05, 0.1) is 0 Å². The van der Waals surface area contributed by atoms with Crippen molar-refractivity contribution in [2.45, 2.75) is 18.3 Å². The lowest BCUT2D eigenvalue weighted by molar-refractivity contribution is -0.144. The summed E-state index contributed by atoms with van der Waals surface area (Å²) in [7, 11) is 0. The van der Waals surface area contributed by atoms with Crippen molar-refractivity contribution in [2.24, 2.45) is 0 Å². The van der Waals surface area contributed by atoms with Crippen LogP contribution in [0.15, 0.2) is 12.1 Å². The Morgan fingerprint density at radius 1 is 1.28 bits per heavy atom. The summed E-state index contributed by atoms with van der Waals surface area (Å²) in [5.74, 6) is -5.60. The molecule has 98 valence electrons. The van der Waals surface area contributed by atoms with E-state index >= 15 is 0 Å². The largest absolute Gasteiger partial charge is 0.481 e. The summed E-state index contributed by atoms with van der Waals surface area (Å²) in [6.45, 7) is 0.630. The van der Waals surface area contributed by atoms with Crippen molar-refractivity contribution in [1.82, 2.24) is 5.32 Å². The van der Waals surface area contributed by atoms with Gasteiger partial charge in [-0.2, -0.15) is 0 Å². The average Bonchev–Trinajstić information content (AvgIpc) is 2.37. The first-order valence-electron chi connectivity index (χ1n) is 5.57. The number of nitrogens with one attached hydrogen (secondary N) is 1. The van der Waals surface area contributed by atoms with Crippen LogP contribution in [0.25, 0.3) is 0 Å². The number of piperidine rings is 1. The maximum Gasteiger partial charge on any atom is 0.315 e. The smallest absolute Gasteiger partial charge is 0.315 e. The minimum absolute atomic E-state index is 0.00429. The van der Waals surface area contributed by atoms with Gasteiger partial charge in [0.1, 0.15) is 5.41 Å². The molecule has 1 aromatic rings. The number of halogens is 3. The fraction of sp³-hybridized carbons (Fsp3) is 0.417. The SMILES string of the molecule is O=C(O)C1(c2ccc(F)c(F)c2F)CCCNC1. The Balaban J connectivity index is 2.56. The highest BCUT2D eigenvalue weighted by Crippen LogP contribution is 2.34. The van der Waals surface area contributed by atoms with Crippen molar-refractivity contribution >= 4 is 5.97 Å². The molecule has 0 spiro atoms. The number of hydrogen-bond acceptors (Lipinski definition) is 2. The number of carbonyl (C=O) groups is 1. The van der Waals surface area contributed by atoms with Gasteiger partial charge < -0.3 is 10.4 Å². The molecule has 18 heavy (non-hydrogen) atoms. The molecule has 1 aliphatic rings. The Labute approximate surface area is 102 Å². The molecule has 1 saturated heterocycles. The zero-order valence-corrected chi connectivity index (χ0v) is 9.47. The Morgan fingerprint density at radius 3 is 2.56 bits per heavy atom. The van der Waals surface area contributed by atoms with Crippen LogP contribution in [-0.2, 0) is 10.2 Å². The molecule has 1 aliphatic heterocycles. The summed E-state index contributed by atoms with van der Waals surface area (Å²) in [5, 5.41) is 12.2. The van der Waals surface area contributed by atoms with Crippen LogP contribution in [0, 0.1) is 17.5 Å². The maximum absolute atomic E-state index is 13.7. The van der Waals surface area contributed by atoms with E-state index in [-0.39, 0.29) is 18.5 Å².